The number of carbonyl (C=O) groups is 2. The maximum Gasteiger partial charge on any atom is 0.315 e. The summed E-state index contributed by atoms with van der Waals surface area (Å²) < 4.78 is 15.5. The number of amides is 3. The lowest BCUT2D eigenvalue weighted by Gasteiger charge is -2.30. The van der Waals surface area contributed by atoms with Crippen LogP contribution in [0.2, 0.25) is 0 Å². The zero-order chi connectivity index (χ0) is 25.4. The van der Waals surface area contributed by atoms with Crippen molar-refractivity contribution in [3.8, 4) is 0 Å². The van der Waals surface area contributed by atoms with Crippen molar-refractivity contribution in [3.63, 3.8) is 0 Å². The maximum atomic E-state index is 14.0. The van der Waals surface area contributed by atoms with Crippen LogP contribution in [0.15, 0.2) is 30.7 Å². The highest BCUT2D eigenvalue weighted by Crippen LogP contribution is 2.30. The van der Waals surface area contributed by atoms with Crippen molar-refractivity contribution < 1.29 is 14.0 Å². The Morgan fingerprint density at radius 2 is 1.51 bits per heavy atom. The van der Waals surface area contributed by atoms with Crippen molar-refractivity contribution in [2.24, 2.45) is 0 Å². The Balaban J connectivity index is 1.17. The van der Waals surface area contributed by atoms with Crippen LogP contribution in [0.3, 0.4) is 0 Å². The average molecular weight is 508 g/mol. The average Bonchev–Trinajstić information content (AvgIpc) is 3.81. The molecule has 0 aromatic carbocycles. The van der Waals surface area contributed by atoms with Gasteiger partial charge in [0.1, 0.15) is 5.82 Å². The third-order valence-electron chi connectivity index (χ3n) is 6.98. The van der Waals surface area contributed by atoms with Gasteiger partial charge in [-0.3, -0.25) is 9.78 Å². The van der Waals surface area contributed by atoms with Gasteiger partial charge in [0, 0.05) is 36.4 Å². The number of aromatic nitrogens is 4. The number of urea groups is 1. The summed E-state index contributed by atoms with van der Waals surface area (Å²) in [5.74, 6) is -0.512. The first-order chi connectivity index (χ1) is 18.0. The molecule has 0 radical (unpaired) electrons. The van der Waals surface area contributed by atoms with E-state index in [1.165, 1.54) is 23.0 Å². The van der Waals surface area contributed by atoms with E-state index >= 15 is 0 Å². The highest BCUT2D eigenvalue weighted by atomic mass is 19.1. The van der Waals surface area contributed by atoms with E-state index in [2.05, 4.69) is 41.7 Å². The van der Waals surface area contributed by atoms with Gasteiger partial charge in [-0.25, -0.2) is 18.7 Å². The van der Waals surface area contributed by atoms with E-state index in [0.717, 1.165) is 63.3 Å². The van der Waals surface area contributed by atoms with E-state index in [9.17, 15) is 14.0 Å². The van der Waals surface area contributed by atoms with Crippen molar-refractivity contribution in [2.45, 2.75) is 75.5 Å². The summed E-state index contributed by atoms with van der Waals surface area (Å²) in [5.41, 5.74) is 1.56. The van der Waals surface area contributed by atoms with E-state index < -0.39 is 11.7 Å². The molecule has 3 heterocycles. The van der Waals surface area contributed by atoms with Gasteiger partial charge in [0.2, 0.25) is 0 Å². The second kappa shape index (κ2) is 9.83. The summed E-state index contributed by atoms with van der Waals surface area (Å²) in [7, 11) is 0. The topological polar surface area (TPSA) is 137 Å². The molecule has 3 aliphatic rings. The van der Waals surface area contributed by atoms with Crippen molar-refractivity contribution in [1.29, 1.82) is 0 Å². The third-order valence-corrected chi connectivity index (χ3v) is 6.98. The molecule has 3 saturated carbocycles. The molecular formula is C25H30FN9O2. The first-order valence-electron chi connectivity index (χ1n) is 12.9. The van der Waals surface area contributed by atoms with E-state index in [-0.39, 0.29) is 29.5 Å². The molecule has 0 aliphatic heterocycles. The number of anilines is 3. The van der Waals surface area contributed by atoms with Crippen molar-refractivity contribution >= 4 is 34.8 Å². The molecule has 0 saturated heterocycles. The van der Waals surface area contributed by atoms with E-state index in [1.807, 2.05) is 6.07 Å². The molecule has 12 heteroatoms. The number of imidazole rings is 1. The first kappa shape index (κ1) is 23.4. The van der Waals surface area contributed by atoms with Crippen LogP contribution in [-0.4, -0.2) is 55.7 Å². The molecular weight excluding hydrogens is 477 g/mol. The van der Waals surface area contributed by atoms with E-state index in [4.69, 9.17) is 0 Å². The van der Waals surface area contributed by atoms with Gasteiger partial charge in [-0.15, -0.1) is 5.10 Å². The molecule has 3 fully saturated rings. The number of pyridine rings is 1. The predicted octanol–water partition coefficient (Wildman–Crippen LogP) is 3.27. The predicted molar refractivity (Wildman–Crippen MR) is 136 cm³/mol. The lowest BCUT2D eigenvalue weighted by Crippen LogP contribution is -2.45. The Morgan fingerprint density at radius 3 is 2.19 bits per heavy atom. The summed E-state index contributed by atoms with van der Waals surface area (Å²) in [6.07, 6.45) is 11.7. The molecule has 37 heavy (non-hydrogen) atoms. The summed E-state index contributed by atoms with van der Waals surface area (Å²) in [6.45, 7) is 0. The molecule has 3 amide bonds. The Kier molecular flexibility index (Phi) is 6.23. The largest absolute Gasteiger partial charge is 0.379 e. The van der Waals surface area contributed by atoms with Crippen LogP contribution in [0.4, 0.5) is 26.4 Å². The van der Waals surface area contributed by atoms with Gasteiger partial charge in [0.25, 0.3) is 5.91 Å². The van der Waals surface area contributed by atoms with Gasteiger partial charge < -0.3 is 26.6 Å². The quantitative estimate of drug-likeness (QED) is 0.316. The molecule has 3 aliphatic carbocycles. The minimum absolute atomic E-state index is 0.0386. The molecule has 5 N–H and O–H groups in total. The number of nitrogens with zero attached hydrogens (tertiary/aromatic N) is 4. The fourth-order valence-electron chi connectivity index (χ4n) is 4.64. The first-order valence-corrected chi connectivity index (χ1v) is 12.9. The number of hydrogen-bond donors (Lipinski definition) is 5. The lowest BCUT2D eigenvalue weighted by molar-refractivity contribution is 0.102. The number of carbonyl (C=O) groups excluding carboxylic acids is 2. The number of nitrogens with one attached hydrogen (secondary N) is 5. The third kappa shape index (κ3) is 5.57. The Morgan fingerprint density at radius 1 is 0.865 bits per heavy atom. The fraction of sp³-hybridized carbons (Fsp3) is 0.480. The van der Waals surface area contributed by atoms with Gasteiger partial charge in [-0.1, -0.05) is 0 Å². The number of halogens is 1. The highest BCUT2D eigenvalue weighted by molar-refractivity contribution is 6.03. The number of fused-ring (bicyclic) bond motifs is 1. The van der Waals surface area contributed by atoms with Crippen LogP contribution >= 0.6 is 0 Å². The number of hydrogen-bond acceptors (Lipinski definition) is 7. The second-order valence-electron chi connectivity index (χ2n) is 10.1. The lowest BCUT2D eigenvalue weighted by atomic mass is 9.91. The molecule has 0 atom stereocenters. The molecule has 3 aromatic rings. The molecule has 11 nitrogen and oxygen atoms in total. The minimum atomic E-state index is -0.619. The molecule has 3 aromatic heterocycles. The normalized spacial score (nSPS) is 21.3. The minimum Gasteiger partial charge on any atom is -0.379 e. The van der Waals surface area contributed by atoms with E-state index in [0.29, 0.717) is 23.5 Å². The second-order valence-corrected chi connectivity index (χ2v) is 10.1. The highest BCUT2D eigenvalue weighted by Gasteiger charge is 2.28. The van der Waals surface area contributed by atoms with Gasteiger partial charge >= 0.3 is 6.03 Å². The standard InChI is InChI=1S/C25H30FN9O2/c26-18-12-27-10-9-19(18)33-24(36)21-13-28-23-20(29-14-1-2-14)11-22(34-35(21)23)30-15-3-5-16(6-4-15)31-25(37)32-17-7-8-17/h9-17,29H,1-8H2,(H,30,34)(H,27,33,36)(H2,31,32,37). The smallest absolute Gasteiger partial charge is 0.315 e. The molecule has 0 unspecified atom stereocenters. The van der Waals surface area contributed by atoms with Gasteiger partial charge in [0.05, 0.1) is 23.8 Å². The summed E-state index contributed by atoms with van der Waals surface area (Å²) in [5, 5.41) is 20.3. The van der Waals surface area contributed by atoms with Crippen LogP contribution in [0.1, 0.15) is 61.9 Å². The van der Waals surface area contributed by atoms with E-state index in [1.54, 1.807) is 0 Å². The fourth-order valence-corrected chi connectivity index (χ4v) is 4.64. The van der Waals surface area contributed by atoms with Gasteiger partial charge in [0.15, 0.2) is 17.2 Å². The van der Waals surface area contributed by atoms with Crippen LogP contribution in [0.25, 0.3) is 5.65 Å². The summed E-state index contributed by atoms with van der Waals surface area (Å²) >= 11 is 0. The molecule has 0 bridgehead atoms. The molecule has 6 rings (SSSR count). The van der Waals surface area contributed by atoms with Crippen molar-refractivity contribution in [3.05, 3.63) is 42.2 Å². The van der Waals surface area contributed by atoms with Gasteiger partial charge in [-0.05, 0) is 57.4 Å². The van der Waals surface area contributed by atoms with Crippen LogP contribution in [-0.2, 0) is 0 Å². The summed E-state index contributed by atoms with van der Waals surface area (Å²) in [6, 6.07) is 4.33. The van der Waals surface area contributed by atoms with Crippen LogP contribution in [0, 0.1) is 5.82 Å². The zero-order valence-corrected chi connectivity index (χ0v) is 20.3. The Bertz CT molecular complexity index is 1310. The van der Waals surface area contributed by atoms with Crippen LogP contribution in [0.5, 0.6) is 0 Å². The zero-order valence-electron chi connectivity index (χ0n) is 20.3. The SMILES string of the molecule is O=C(NC1CC1)NC1CCC(Nc2cc(NC3CC3)c3ncc(C(=O)Nc4ccncc4F)n3n2)CC1. The Labute approximate surface area is 213 Å². The molecule has 194 valence electrons. The summed E-state index contributed by atoms with van der Waals surface area (Å²) in [4.78, 5) is 33.2. The monoisotopic (exact) mass is 507 g/mol. The van der Waals surface area contributed by atoms with Crippen molar-refractivity contribution in [2.75, 3.05) is 16.0 Å². The van der Waals surface area contributed by atoms with Crippen molar-refractivity contribution in [1.82, 2.24) is 30.2 Å². The Hall–Kier alpha value is -3.96. The van der Waals surface area contributed by atoms with Gasteiger partial charge in [-0.2, -0.15) is 0 Å². The number of rotatable bonds is 8. The maximum absolute atomic E-state index is 14.0. The molecule has 0 spiro atoms. The van der Waals surface area contributed by atoms with Crippen LogP contribution < -0.4 is 26.6 Å².